The van der Waals surface area contributed by atoms with Crippen LogP contribution in [0.1, 0.15) is 0 Å². The monoisotopic (exact) mass is 1580 g/mol. The van der Waals surface area contributed by atoms with Gasteiger partial charge in [-0.25, -0.2) is 36.5 Å². The first kappa shape index (κ1) is 64.8. The lowest BCUT2D eigenvalue weighted by Crippen LogP contribution is -2.29. The van der Waals surface area contributed by atoms with Gasteiger partial charge in [-0.2, -0.15) is 0 Å². The molecule has 0 unspecified atom stereocenters. The topological polar surface area (TPSA) is 127 Å². The molecule has 36 heteroatoms. The maximum absolute atomic E-state index is 9.78. The van der Waals surface area contributed by atoms with Crippen LogP contribution < -0.4 is 38.4 Å². The highest BCUT2D eigenvalue weighted by Gasteiger charge is 2.22. The Balaban J connectivity index is -0.000000286. The molecule has 0 bridgehead atoms. The van der Waals surface area contributed by atoms with Gasteiger partial charge < -0.3 is 54.6 Å². The molecule has 0 saturated carbocycles. The Morgan fingerprint density at radius 1 is 0.339 bits per heavy atom. The summed E-state index contributed by atoms with van der Waals surface area (Å²) in [4.78, 5) is 0. The van der Waals surface area contributed by atoms with Crippen LogP contribution in [0.3, 0.4) is 0 Å². The minimum Gasteiger partial charge on any atom is -0.824 e. The smallest absolute Gasteiger partial charge is 0.447 e. The molecule has 0 atom stereocenters. The summed E-state index contributed by atoms with van der Waals surface area (Å²) in [5.41, 5.74) is 0. The Bertz CT molecular complexity index is 1200. The maximum atomic E-state index is 9.78. The van der Waals surface area contributed by atoms with E-state index in [0.29, 0.717) is 0 Å². The third-order valence-electron chi connectivity index (χ3n) is 5.25. The van der Waals surface area contributed by atoms with Gasteiger partial charge in [-0.15, -0.1) is 0 Å². The number of hydrogen-bond donors (Lipinski definition) is 0. The van der Waals surface area contributed by atoms with Gasteiger partial charge in [0.2, 0.25) is 36.8 Å². The average molecular weight is 1590 g/mol. The van der Waals surface area contributed by atoms with Crippen molar-refractivity contribution in [1.29, 1.82) is 0 Å². The van der Waals surface area contributed by atoms with Crippen LogP contribution in [0.25, 0.3) is 0 Å². The lowest BCUT2D eigenvalue weighted by molar-refractivity contribution is -0.693. The van der Waals surface area contributed by atoms with Crippen molar-refractivity contribution in [2.24, 2.45) is 56.4 Å². The first-order chi connectivity index (χ1) is 25.1. The Labute approximate surface area is 419 Å². The Morgan fingerprint density at radius 2 is 0.429 bits per heavy atom. The van der Waals surface area contributed by atoms with E-state index >= 15 is 0 Å². The second-order valence-corrected chi connectivity index (χ2v) is 17.8. The van der Waals surface area contributed by atoms with Crippen molar-refractivity contribution in [3.63, 3.8) is 0 Å². The molecule has 0 spiro atoms. The third-order valence-corrected chi connectivity index (χ3v) is 18.9. The van der Waals surface area contributed by atoms with Crippen LogP contribution in [-0.4, -0.2) is 48.1 Å². The molecule has 0 amide bonds. The summed E-state index contributed by atoms with van der Waals surface area (Å²) < 4.78 is 106. The third kappa shape index (κ3) is 25.3. The lowest BCUT2D eigenvalue weighted by Gasteiger charge is -1.84. The van der Waals surface area contributed by atoms with Gasteiger partial charge in [0.05, 0.1) is 56.4 Å². The molecule has 0 aliphatic rings. The normalized spacial score (nSPS) is 9.43. The molecular formula is C20H24B4Br12F8N8O4. The summed E-state index contributed by atoms with van der Waals surface area (Å²) in [6, 6.07) is 0. The van der Waals surface area contributed by atoms with E-state index in [2.05, 4.69) is 191 Å². The second-order valence-electron chi connectivity index (χ2n) is 8.92. The van der Waals surface area contributed by atoms with Gasteiger partial charge in [0.15, 0.2) is 0 Å². The van der Waals surface area contributed by atoms with E-state index in [4.69, 9.17) is 20.1 Å². The molecule has 320 valence electrons. The van der Waals surface area contributed by atoms with Crippen LogP contribution >= 0.6 is 191 Å². The van der Waals surface area contributed by atoms with Crippen LogP contribution in [0.15, 0.2) is 55.8 Å². The van der Waals surface area contributed by atoms with Crippen LogP contribution in [0, 0.1) is 0 Å². The first-order valence-electron chi connectivity index (χ1n) is 13.1. The van der Waals surface area contributed by atoms with Crippen molar-refractivity contribution in [3.05, 3.63) is 55.8 Å². The summed E-state index contributed by atoms with van der Waals surface area (Å²) in [7, 11) is 2.10. The van der Waals surface area contributed by atoms with Gasteiger partial charge in [-0.05, 0) is 0 Å². The average Bonchev–Trinajstić information content (AvgIpc) is 3.52. The summed E-state index contributed by atoms with van der Waals surface area (Å²) in [5.74, 6) is 0. The maximum Gasteiger partial charge on any atom is 0.447 e. The van der Waals surface area contributed by atoms with Crippen LogP contribution in [0.2, 0.25) is 0 Å². The van der Waals surface area contributed by atoms with E-state index in [0.717, 1.165) is 55.8 Å². The summed E-state index contributed by atoms with van der Waals surface area (Å²) >= 11 is 41.0. The zero-order valence-corrected chi connectivity index (χ0v) is 48.1. The van der Waals surface area contributed by atoms with Crippen molar-refractivity contribution in [3.8, 4) is 0 Å². The Hall–Kier alpha value is 2.14. The van der Waals surface area contributed by atoms with Crippen molar-refractivity contribution in [1.82, 2.24) is 18.3 Å². The summed E-state index contributed by atoms with van der Waals surface area (Å²) in [6.45, 7) is 0. The highest BCUT2D eigenvalue weighted by molar-refractivity contribution is 9.14. The molecule has 4 aromatic rings. The van der Waals surface area contributed by atoms with Crippen molar-refractivity contribution < 1.29 is 72.9 Å². The fourth-order valence-electron chi connectivity index (χ4n) is 2.66. The Morgan fingerprint density at radius 3 is 0.446 bits per heavy atom. The molecule has 0 radical (unpaired) electrons. The molecular weight excluding hydrogens is 1570 g/mol. The minimum absolute atomic E-state index is 1.02. The van der Waals surface area contributed by atoms with Crippen molar-refractivity contribution >= 4 is 221 Å². The molecule has 0 N–H and O–H groups in total. The molecule has 56 heavy (non-hydrogen) atoms. The number of nitrogens with zero attached hydrogens (tertiary/aromatic N) is 8. The number of imidazole rings is 4. The lowest BCUT2D eigenvalue weighted by atomic mass is 10.4. The summed E-state index contributed by atoms with van der Waals surface area (Å²) in [5, 5.41) is 32.8. The molecule has 4 rings (SSSR count). The first-order valence-corrected chi connectivity index (χ1v) is 22.6. The number of halogens is 20. The zero-order chi connectivity index (χ0) is 45.9. The van der Waals surface area contributed by atoms with E-state index < -0.39 is 29.9 Å². The standard InChI is InChI=1S/4C5H6Br3N2.4BF2O/c4*1-9-3(6)4(7)10(2)5(9)8;4*2-1(3)4/h4*1-2H3;;;;/q4*+1;4*-1. The fraction of sp³-hybridized carbons (Fsp3) is 0.400. The van der Waals surface area contributed by atoms with Crippen LogP contribution in [0.4, 0.5) is 34.5 Å². The van der Waals surface area contributed by atoms with E-state index in [1.165, 1.54) is 0 Å². The second kappa shape index (κ2) is 32.8. The predicted octanol–water partition coefficient (Wildman–Crippen LogP) is 5.63. The zero-order valence-electron chi connectivity index (χ0n) is 29.1. The molecule has 4 aromatic heterocycles. The van der Waals surface area contributed by atoms with Gasteiger partial charge >= 0.3 is 48.8 Å². The van der Waals surface area contributed by atoms with Crippen molar-refractivity contribution in [2.45, 2.75) is 0 Å². The van der Waals surface area contributed by atoms with Crippen molar-refractivity contribution in [2.75, 3.05) is 0 Å². The number of hydrogen-bond acceptors (Lipinski definition) is 4. The number of rotatable bonds is 0. The molecule has 0 fully saturated rings. The molecule has 0 aliphatic carbocycles. The van der Waals surface area contributed by atoms with Gasteiger partial charge in [-0.3, -0.25) is 0 Å². The Kier molecular flexibility index (Phi) is 37.9. The fourth-order valence-corrected chi connectivity index (χ4v) is 9.45. The van der Waals surface area contributed by atoms with Gasteiger partial charge in [-0.1, -0.05) is 0 Å². The molecule has 0 aromatic carbocycles. The number of aromatic nitrogens is 8. The van der Waals surface area contributed by atoms with Gasteiger partial charge in [0, 0.05) is 191 Å². The molecule has 4 heterocycles. The van der Waals surface area contributed by atoms with E-state index in [-0.39, 0.29) is 0 Å². The highest BCUT2D eigenvalue weighted by Crippen LogP contribution is 2.25. The van der Waals surface area contributed by atoms with E-state index in [1.54, 1.807) is 0 Å². The predicted molar refractivity (Wildman–Crippen MR) is 231 cm³/mol. The van der Waals surface area contributed by atoms with Crippen LogP contribution in [-0.2, 0) is 56.4 Å². The quantitative estimate of drug-likeness (QED) is 0.129. The SMILES string of the molecule is Cn1c(Br)c(Br)[n+](C)c1Br.Cn1c(Br)c(Br)[n+](C)c1Br.Cn1c(Br)c(Br)[n+](C)c1Br.Cn1c(Br)c(Br)[n+](C)c1Br.[O-]B(F)F.[O-]B(F)F.[O-]B(F)F.[O-]B(F)F. The van der Waals surface area contributed by atoms with Gasteiger partial charge in [0.25, 0.3) is 0 Å². The largest absolute Gasteiger partial charge is 0.824 e. The molecule has 0 aliphatic heterocycles. The highest BCUT2D eigenvalue weighted by atomic mass is 79.9. The summed E-state index contributed by atoms with van der Waals surface area (Å²) in [6.07, 6.45) is 0. The van der Waals surface area contributed by atoms with Gasteiger partial charge in [0.1, 0.15) is 0 Å². The van der Waals surface area contributed by atoms with E-state index in [9.17, 15) is 34.5 Å². The minimum atomic E-state index is -3.42. The van der Waals surface area contributed by atoms with E-state index in [1.807, 2.05) is 92.9 Å². The molecule has 0 saturated heterocycles. The molecule has 12 nitrogen and oxygen atoms in total. The van der Waals surface area contributed by atoms with Crippen LogP contribution in [0.5, 0.6) is 0 Å².